The largest absolute Gasteiger partial charge is 0.339 e. The van der Waals surface area contributed by atoms with Gasteiger partial charge in [0.25, 0.3) is 0 Å². The SMILES string of the molecule is Cc1noc([C@H]2CCN(Cc3ccc(Cl)cc3-n3cncn3)C2)n1. The van der Waals surface area contributed by atoms with Crippen LogP contribution in [0.5, 0.6) is 0 Å². The molecule has 1 atom stereocenters. The number of aryl methyl sites for hydroxylation is 1. The van der Waals surface area contributed by atoms with Crippen molar-refractivity contribution in [1.29, 1.82) is 0 Å². The van der Waals surface area contributed by atoms with E-state index in [2.05, 4.69) is 25.1 Å². The molecule has 0 aliphatic carbocycles. The molecule has 2 aromatic heterocycles. The van der Waals surface area contributed by atoms with Crippen LogP contribution < -0.4 is 0 Å². The maximum absolute atomic E-state index is 6.15. The fraction of sp³-hybridized carbons (Fsp3) is 0.375. The Bertz CT molecular complexity index is 831. The fourth-order valence-electron chi connectivity index (χ4n) is 3.11. The lowest BCUT2D eigenvalue weighted by atomic mass is 10.1. The van der Waals surface area contributed by atoms with Crippen LogP contribution in [0.3, 0.4) is 0 Å². The molecule has 1 aliphatic rings. The lowest BCUT2D eigenvalue weighted by Crippen LogP contribution is -2.21. The van der Waals surface area contributed by atoms with E-state index in [0.717, 1.165) is 43.2 Å². The molecule has 0 amide bonds. The van der Waals surface area contributed by atoms with E-state index >= 15 is 0 Å². The second-order valence-corrected chi connectivity index (χ2v) is 6.45. The van der Waals surface area contributed by atoms with Crippen LogP contribution in [-0.4, -0.2) is 42.9 Å². The summed E-state index contributed by atoms with van der Waals surface area (Å²) in [4.78, 5) is 10.8. The highest BCUT2D eigenvalue weighted by molar-refractivity contribution is 6.30. The first-order valence-electron chi connectivity index (χ1n) is 7.85. The zero-order valence-corrected chi connectivity index (χ0v) is 14.0. The Kier molecular flexibility index (Phi) is 4.03. The highest BCUT2D eigenvalue weighted by Gasteiger charge is 2.28. The van der Waals surface area contributed by atoms with Crippen molar-refractivity contribution in [1.82, 2.24) is 29.8 Å². The third-order valence-electron chi connectivity index (χ3n) is 4.27. The molecule has 8 heteroatoms. The maximum Gasteiger partial charge on any atom is 0.231 e. The number of halogens is 1. The van der Waals surface area contributed by atoms with E-state index in [1.165, 1.54) is 6.33 Å². The van der Waals surface area contributed by atoms with Crippen molar-refractivity contribution in [3.05, 3.63) is 53.2 Å². The summed E-state index contributed by atoms with van der Waals surface area (Å²) in [5.74, 6) is 1.73. The molecule has 0 spiro atoms. The van der Waals surface area contributed by atoms with E-state index in [4.69, 9.17) is 16.1 Å². The summed E-state index contributed by atoms with van der Waals surface area (Å²) in [5, 5.41) is 8.80. The first-order chi connectivity index (χ1) is 11.7. The number of nitrogens with zero attached hydrogens (tertiary/aromatic N) is 6. The number of benzene rings is 1. The van der Waals surface area contributed by atoms with Crippen LogP contribution in [-0.2, 0) is 6.54 Å². The topological polar surface area (TPSA) is 72.9 Å². The van der Waals surface area contributed by atoms with Gasteiger partial charge in [-0.25, -0.2) is 9.67 Å². The van der Waals surface area contributed by atoms with Crippen LogP contribution in [0, 0.1) is 6.92 Å². The molecule has 24 heavy (non-hydrogen) atoms. The maximum atomic E-state index is 6.15. The molecule has 1 fully saturated rings. The third-order valence-corrected chi connectivity index (χ3v) is 4.51. The highest BCUT2D eigenvalue weighted by atomic mass is 35.5. The van der Waals surface area contributed by atoms with E-state index in [0.29, 0.717) is 16.8 Å². The monoisotopic (exact) mass is 344 g/mol. The molecule has 0 bridgehead atoms. The van der Waals surface area contributed by atoms with Gasteiger partial charge in [-0.1, -0.05) is 22.8 Å². The molecular formula is C16H17ClN6O. The molecule has 1 aliphatic heterocycles. The molecule has 0 saturated carbocycles. The van der Waals surface area contributed by atoms with Crippen molar-refractivity contribution >= 4 is 11.6 Å². The summed E-state index contributed by atoms with van der Waals surface area (Å²) in [6.07, 6.45) is 4.23. The molecule has 3 aromatic rings. The normalized spacial score (nSPS) is 18.3. The second-order valence-electron chi connectivity index (χ2n) is 6.01. The summed E-state index contributed by atoms with van der Waals surface area (Å²) in [7, 11) is 0. The smallest absolute Gasteiger partial charge is 0.231 e. The van der Waals surface area contributed by atoms with Gasteiger partial charge in [0.15, 0.2) is 5.82 Å². The van der Waals surface area contributed by atoms with Crippen LogP contribution >= 0.6 is 11.6 Å². The number of hydrogen-bond donors (Lipinski definition) is 0. The standard InChI is InChI=1S/C16H17ClN6O/c1-11-20-16(24-21-11)13-4-5-22(8-13)7-12-2-3-14(17)6-15(12)23-10-18-9-19-23/h2-3,6,9-10,13H,4-5,7-8H2,1H3/t13-/m0/s1. The Labute approximate surface area is 144 Å². The molecule has 1 saturated heterocycles. The number of likely N-dealkylation sites (tertiary alicyclic amines) is 1. The summed E-state index contributed by atoms with van der Waals surface area (Å²) in [6.45, 7) is 4.56. The molecular weight excluding hydrogens is 328 g/mol. The predicted octanol–water partition coefficient (Wildman–Crippen LogP) is 2.60. The lowest BCUT2D eigenvalue weighted by molar-refractivity contribution is 0.308. The van der Waals surface area contributed by atoms with Crippen molar-refractivity contribution in [2.45, 2.75) is 25.8 Å². The highest BCUT2D eigenvalue weighted by Crippen LogP contribution is 2.28. The Morgan fingerprint density at radius 3 is 3.04 bits per heavy atom. The van der Waals surface area contributed by atoms with Crippen LogP contribution in [0.2, 0.25) is 5.02 Å². The van der Waals surface area contributed by atoms with Gasteiger partial charge in [-0.3, -0.25) is 4.90 Å². The first kappa shape index (κ1) is 15.3. The van der Waals surface area contributed by atoms with Crippen LogP contribution in [0.1, 0.15) is 29.6 Å². The van der Waals surface area contributed by atoms with Gasteiger partial charge in [-0.2, -0.15) is 10.1 Å². The third kappa shape index (κ3) is 3.05. The van der Waals surface area contributed by atoms with Gasteiger partial charge >= 0.3 is 0 Å². The zero-order chi connectivity index (χ0) is 16.5. The molecule has 0 radical (unpaired) electrons. The van der Waals surface area contributed by atoms with E-state index in [1.807, 2.05) is 25.1 Å². The average molecular weight is 345 g/mol. The minimum Gasteiger partial charge on any atom is -0.339 e. The van der Waals surface area contributed by atoms with Crippen molar-refractivity contribution in [2.75, 3.05) is 13.1 Å². The van der Waals surface area contributed by atoms with Crippen molar-refractivity contribution in [2.24, 2.45) is 0 Å². The number of hydrogen-bond acceptors (Lipinski definition) is 6. The van der Waals surface area contributed by atoms with Crippen molar-refractivity contribution in [3.63, 3.8) is 0 Å². The van der Waals surface area contributed by atoms with Crippen molar-refractivity contribution in [3.8, 4) is 5.69 Å². The molecule has 124 valence electrons. The second kappa shape index (κ2) is 6.33. The van der Waals surface area contributed by atoms with E-state index < -0.39 is 0 Å². The Morgan fingerprint density at radius 2 is 2.29 bits per heavy atom. The Hall–Kier alpha value is -2.25. The number of aromatic nitrogens is 5. The molecule has 1 aromatic carbocycles. The first-order valence-corrected chi connectivity index (χ1v) is 8.23. The molecule has 0 unspecified atom stereocenters. The quantitative estimate of drug-likeness (QED) is 0.724. The van der Waals surface area contributed by atoms with E-state index in [1.54, 1.807) is 11.0 Å². The predicted molar refractivity (Wildman–Crippen MR) is 88.0 cm³/mol. The minimum atomic E-state index is 0.299. The van der Waals surface area contributed by atoms with Crippen LogP contribution in [0.4, 0.5) is 0 Å². The summed E-state index contributed by atoms with van der Waals surface area (Å²) >= 11 is 6.15. The van der Waals surface area contributed by atoms with Crippen LogP contribution in [0.25, 0.3) is 5.69 Å². The zero-order valence-electron chi connectivity index (χ0n) is 13.3. The molecule has 4 rings (SSSR count). The fourth-order valence-corrected chi connectivity index (χ4v) is 3.28. The molecule has 3 heterocycles. The van der Waals surface area contributed by atoms with Crippen LogP contribution in [0.15, 0.2) is 35.4 Å². The van der Waals surface area contributed by atoms with Gasteiger partial charge in [0.05, 0.1) is 11.6 Å². The van der Waals surface area contributed by atoms with Gasteiger partial charge in [0.2, 0.25) is 5.89 Å². The number of rotatable bonds is 4. The van der Waals surface area contributed by atoms with Gasteiger partial charge in [-0.15, -0.1) is 0 Å². The Morgan fingerprint density at radius 1 is 1.38 bits per heavy atom. The van der Waals surface area contributed by atoms with E-state index in [-0.39, 0.29) is 0 Å². The summed E-state index contributed by atoms with van der Waals surface area (Å²) in [6, 6.07) is 5.87. The minimum absolute atomic E-state index is 0.299. The van der Waals surface area contributed by atoms with Gasteiger partial charge in [0, 0.05) is 18.1 Å². The van der Waals surface area contributed by atoms with Gasteiger partial charge in [-0.05, 0) is 37.6 Å². The summed E-state index contributed by atoms with van der Waals surface area (Å²) in [5.41, 5.74) is 2.12. The Balaban J connectivity index is 1.52. The van der Waals surface area contributed by atoms with Crippen molar-refractivity contribution < 1.29 is 4.52 Å². The molecule has 7 nitrogen and oxygen atoms in total. The van der Waals surface area contributed by atoms with Gasteiger partial charge < -0.3 is 4.52 Å². The average Bonchev–Trinajstić information content (AvgIpc) is 3.30. The lowest BCUT2D eigenvalue weighted by Gasteiger charge is -2.18. The molecule has 0 N–H and O–H groups in total. The van der Waals surface area contributed by atoms with Gasteiger partial charge in [0.1, 0.15) is 12.7 Å². The van der Waals surface area contributed by atoms with E-state index in [9.17, 15) is 0 Å². The summed E-state index contributed by atoms with van der Waals surface area (Å²) < 4.78 is 7.06.